The number of hydrogen-bond acceptors (Lipinski definition) is 3. The number of benzene rings is 1. The summed E-state index contributed by atoms with van der Waals surface area (Å²) in [6.07, 6.45) is 2.70. The molecule has 0 atom stereocenters. The fourth-order valence-corrected chi connectivity index (χ4v) is 1.53. The Kier molecular flexibility index (Phi) is 4.50. The first-order chi connectivity index (χ1) is 10.0. The topological polar surface area (TPSA) is 71.3 Å². The molecule has 1 aromatic carbocycles. The number of hydrazine groups is 1. The van der Waals surface area contributed by atoms with Gasteiger partial charge in [0.05, 0.1) is 0 Å². The molecule has 108 valence electrons. The van der Waals surface area contributed by atoms with Gasteiger partial charge in [-0.05, 0) is 49.4 Å². The predicted octanol–water partition coefficient (Wildman–Crippen LogP) is 2.20. The van der Waals surface area contributed by atoms with Crippen molar-refractivity contribution in [3.63, 3.8) is 0 Å². The summed E-state index contributed by atoms with van der Waals surface area (Å²) in [4.78, 5) is 23.1. The zero-order valence-corrected chi connectivity index (χ0v) is 11.2. The SMILES string of the molecule is Cc1ccc(C=CC(=O)NNC(=O)c2ccc(F)cc2)o1. The van der Waals surface area contributed by atoms with E-state index >= 15 is 0 Å². The van der Waals surface area contributed by atoms with Crippen LogP contribution in [-0.2, 0) is 4.79 Å². The van der Waals surface area contributed by atoms with Crippen LogP contribution < -0.4 is 10.9 Å². The van der Waals surface area contributed by atoms with E-state index in [-0.39, 0.29) is 5.56 Å². The van der Waals surface area contributed by atoms with Crippen LogP contribution in [0.4, 0.5) is 4.39 Å². The molecule has 0 fully saturated rings. The molecule has 0 aliphatic carbocycles. The van der Waals surface area contributed by atoms with Crippen molar-refractivity contribution in [3.05, 3.63) is 65.4 Å². The Hall–Kier alpha value is -2.89. The summed E-state index contributed by atoms with van der Waals surface area (Å²) >= 11 is 0. The third-order valence-corrected chi connectivity index (χ3v) is 2.57. The highest BCUT2D eigenvalue weighted by atomic mass is 19.1. The summed E-state index contributed by atoms with van der Waals surface area (Å²) in [6.45, 7) is 1.79. The quantitative estimate of drug-likeness (QED) is 0.672. The lowest BCUT2D eigenvalue weighted by atomic mass is 10.2. The van der Waals surface area contributed by atoms with Crippen molar-refractivity contribution in [2.75, 3.05) is 0 Å². The number of nitrogens with one attached hydrogen (secondary N) is 2. The fourth-order valence-electron chi connectivity index (χ4n) is 1.53. The Morgan fingerprint density at radius 2 is 1.81 bits per heavy atom. The van der Waals surface area contributed by atoms with Crippen molar-refractivity contribution in [2.45, 2.75) is 6.92 Å². The lowest BCUT2D eigenvalue weighted by Gasteiger charge is -2.04. The standard InChI is InChI=1S/C15H13FN2O3/c1-10-2-7-13(21-10)8-9-14(19)17-18-15(20)11-3-5-12(16)6-4-11/h2-9H,1H3,(H,17,19)(H,18,20). The summed E-state index contributed by atoms with van der Waals surface area (Å²) < 4.78 is 18.0. The number of halogens is 1. The summed E-state index contributed by atoms with van der Waals surface area (Å²) in [7, 11) is 0. The zero-order chi connectivity index (χ0) is 15.2. The summed E-state index contributed by atoms with van der Waals surface area (Å²) in [5, 5.41) is 0. The Balaban J connectivity index is 1.85. The molecule has 0 radical (unpaired) electrons. The molecule has 0 saturated carbocycles. The second-order valence-electron chi connectivity index (χ2n) is 4.23. The lowest BCUT2D eigenvalue weighted by molar-refractivity contribution is -0.117. The van der Waals surface area contributed by atoms with Crippen LogP contribution in [0.3, 0.4) is 0 Å². The first-order valence-corrected chi connectivity index (χ1v) is 6.15. The van der Waals surface area contributed by atoms with Gasteiger partial charge in [0.15, 0.2) is 0 Å². The molecule has 2 N–H and O–H groups in total. The molecule has 2 aromatic rings. The lowest BCUT2D eigenvalue weighted by Crippen LogP contribution is -2.40. The number of rotatable bonds is 3. The Bertz CT molecular complexity index is 674. The van der Waals surface area contributed by atoms with Crippen LogP contribution in [0.2, 0.25) is 0 Å². The van der Waals surface area contributed by atoms with E-state index in [1.54, 1.807) is 19.1 Å². The maximum absolute atomic E-state index is 12.7. The van der Waals surface area contributed by atoms with Gasteiger partial charge in [-0.1, -0.05) is 0 Å². The van der Waals surface area contributed by atoms with Gasteiger partial charge in [0, 0.05) is 11.6 Å². The van der Waals surface area contributed by atoms with Crippen LogP contribution >= 0.6 is 0 Å². The number of amides is 2. The van der Waals surface area contributed by atoms with Gasteiger partial charge in [-0.3, -0.25) is 20.4 Å². The second kappa shape index (κ2) is 6.51. The van der Waals surface area contributed by atoms with Gasteiger partial charge in [0.25, 0.3) is 11.8 Å². The molecular weight excluding hydrogens is 275 g/mol. The van der Waals surface area contributed by atoms with Crippen molar-refractivity contribution in [2.24, 2.45) is 0 Å². The number of carbonyl (C=O) groups is 2. The minimum atomic E-state index is -0.536. The highest BCUT2D eigenvalue weighted by Gasteiger charge is 2.05. The van der Waals surface area contributed by atoms with E-state index in [9.17, 15) is 14.0 Å². The van der Waals surface area contributed by atoms with E-state index in [4.69, 9.17) is 4.42 Å². The summed E-state index contributed by atoms with van der Waals surface area (Å²) in [6, 6.07) is 8.45. The van der Waals surface area contributed by atoms with Gasteiger partial charge in [0.2, 0.25) is 0 Å². The molecule has 21 heavy (non-hydrogen) atoms. The minimum absolute atomic E-state index is 0.238. The average molecular weight is 288 g/mol. The second-order valence-corrected chi connectivity index (χ2v) is 4.23. The first-order valence-electron chi connectivity index (χ1n) is 6.15. The Morgan fingerprint density at radius 1 is 1.10 bits per heavy atom. The maximum atomic E-state index is 12.7. The van der Waals surface area contributed by atoms with Crippen molar-refractivity contribution in [3.8, 4) is 0 Å². The fraction of sp³-hybridized carbons (Fsp3) is 0.0667. The zero-order valence-electron chi connectivity index (χ0n) is 11.2. The van der Waals surface area contributed by atoms with Crippen LogP contribution in [0, 0.1) is 12.7 Å². The van der Waals surface area contributed by atoms with Crippen LogP contribution in [0.15, 0.2) is 46.9 Å². The number of aryl methyl sites for hydroxylation is 1. The number of furan rings is 1. The molecule has 0 saturated heterocycles. The van der Waals surface area contributed by atoms with Crippen molar-refractivity contribution >= 4 is 17.9 Å². The molecule has 0 aliphatic heterocycles. The monoisotopic (exact) mass is 288 g/mol. The third kappa shape index (κ3) is 4.31. The van der Waals surface area contributed by atoms with Gasteiger partial charge < -0.3 is 4.42 Å². The van der Waals surface area contributed by atoms with E-state index in [2.05, 4.69) is 10.9 Å². The highest BCUT2D eigenvalue weighted by molar-refractivity contribution is 5.97. The Morgan fingerprint density at radius 3 is 2.43 bits per heavy atom. The molecule has 5 nitrogen and oxygen atoms in total. The van der Waals surface area contributed by atoms with E-state index < -0.39 is 17.6 Å². The molecular formula is C15H13FN2O3. The van der Waals surface area contributed by atoms with Crippen molar-refractivity contribution < 1.29 is 18.4 Å². The van der Waals surface area contributed by atoms with Crippen LogP contribution in [0.5, 0.6) is 0 Å². The molecule has 6 heteroatoms. The van der Waals surface area contributed by atoms with Gasteiger partial charge in [-0.25, -0.2) is 4.39 Å². The van der Waals surface area contributed by atoms with Gasteiger partial charge in [-0.15, -0.1) is 0 Å². The van der Waals surface area contributed by atoms with Gasteiger partial charge in [0.1, 0.15) is 17.3 Å². The molecule has 2 rings (SSSR count). The molecule has 1 aromatic heterocycles. The predicted molar refractivity (Wildman–Crippen MR) is 74.5 cm³/mol. The molecule has 0 unspecified atom stereocenters. The number of carbonyl (C=O) groups excluding carboxylic acids is 2. The van der Waals surface area contributed by atoms with Gasteiger partial charge in [-0.2, -0.15) is 0 Å². The van der Waals surface area contributed by atoms with E-state index in [0.717, 1.165) is 17.9 Å². The van der Waals surface area contributed by atoms with E-state index in [1.165, 1.54) is 24.3 Å². The number of hydrogen-bond donors (Lipinski definition) is 2. The highest BCUT2D eigenvalue weighted by Crippen LogP contribution is 2.07. The van der Waals surface area contributed by atoms with Crippen molar-refractivity contribution in [1.82, 2.24) is 10.9 Å². The smallest absolute Gasteiger partial charge is 0.269 e. The Labute approximate surface area is 120 Å². The summed E-state index contributed by atoms with van der Waals surface area (Å²) in [5.41, 5.74) is 4.67. The normalized spacial score (nSPS) is 10.6. The maximum Gasteiger partial charge on any atom is 0.269 e. The van der Waals surface area contributed by atoms with E-state index in [1.807, 2.05) is 0 Å². The molecule has 0 spiro atoms. The van der Waals surface area contributed by atoms with Crippen LogP contribution in [0.1, 0.15) is 21.9 Å². The average Bonchev–Trinajstić information content (AvgIpc) is 2.89. The van der Waals surface area contributed by atoms with Crippen LogP contribution in [-0.4, -0.2) is 11.8 Å². The summed E-state index contributed by atoms with van der Waals surface area (Å²) in [5.74, 6) is -0.218. The minimum Gasteiger partial charge on any atom is -0.462 e. The molecule has 0 bridgehead atoms. The van der Waals surface area contributed by atoms with Crippen molar-refractivity contribution in [1.29, 1.82) is 0 Å². The molecule has 0 aliphatic rings. The third-order valence-electron chi connectivity index (χ3n) is 2.57. The van der Waals surface area contributed by atoms with Gasteiger partial charge >= 0.3 is 0 Å². The largest absolute Gasteiger partial charge is 0.462 e. The van der Waals surface area contributed by atoms with Crippen LogP contribution in [0.25, 0.3) is 6.08 Å². The molecule has 2 amide bonds. The first kappa shape index (κ1) is 14.5. The van der Waals surface area contributed by atoms with E-state index in [0.29, 0.717) is 5.76 Å². The molecule has 1 heterocycles.